The SMILES string of the molecule is CCc1cccc(Nc2nccn3c(-c4cn(COC)nc4C(F)F)cnc23)c1. The zero-order chi connectivity index (χ0) is 20.4. The van der Waals surface area contributed by atoms with Crippen LogP contribution in [0, 0.1) is 0 Å². The molecule has 1 aromatic carbocycles. The Kier molecular flexibility index (Phi) is 5.22. The molecule has 9 heteroatoms. The van der Waals surface area contributed by atoms with Crippen molar-refractivity contribution in [2.75, 3.05) is 12.4 Å². The third-order valence-electron chi connectivity index (χ3n) is 4.56. The van der Waals surface area contributed by atoms with Crippen molar-refractivity contribution < 1.29 is 13.5 Å². The van der Waals surface area contributed by atoms with Crippen LogP contribution in [-0.2, 0) is 17.9 Å². The Morgan fingerprint density at radius 2 is 2.10 bits per heavy atom. The fraction of sp³-hybridized carbons (Fsp3) is 0.250. The quantitative estimate of drug-likeness (QED) is 0.498. The van der Waals surface area contributed by atoms with E-state index in [0.29, 0.717) is 22.7 Å². The van der Waals surface area contributed by atoms with Crippen molar-refractivity contribution in [1.29, 1.82) is 0 Å². The Bertz CT molecular complexity index is 1140. The van der Waals surface area contributed by atoms with Gasteiger partial charge in [-0.1, -0.05) is 19.1 Å². The summed E-state index contributed by atoms with van der Waals surface area (Å²) in [6.45, 7) is 2.17. The summed E-state index contributed by atoms with van der Waals surface area (Å²) >= 11 is 0. The maximum Gasteiger partial charge on any atom is 0.282 e. The van der Waals surface area contributed by atoms with Crippen LogP contribution in [0.2, 0.25) is 0 Å². The number of nitrogens with zero attached hydrogens (tertiary/aromatic N) is 5. The van der Waals surface area contributed by atoms with Gasteiger partial charge in [0, 0.05) is 37.0 Å². The Balaban J connectivity index is 1.76. The lowest BCUT2D eigenvalue weighted by molar-refractivity contribution is 0.114. The number of aromatic nitrogens is 5. The first-order chi connectivity index (χ1) is 14.1. The molecule has 150 valence electrons. The summed E-state index contributed by atoms with van der Waals surface area (Å²) in [7, 11) is 1.48. The number of rotatable bonds is 7. The maximum atomic E-state index is 13.5. The molecule has 0 saturated heterocycles. The van der Waals surface area contributed by atoms with Gasteiger partial charge in [0.15, 0.2) is 11.5 Å². The van der Waals surface area contributed by atoms with Crippen LogP contribution in [0.15, 0.2) is 49.1 Å². The van der Waals surface area contributed by atoms with Gasteiger partial charge in [-0.15, -0.1) is 0 Å². The van der Waals surface area contributed by atoms with E-state index >= 15 is 0 Å². The highest BCUT2D eigenvalue weighted by Gasteiger charge is 2.22. The maximum absolute atomic E-state index is 13.5. The van der Waals surface area contributed by atoms with Gasteiger partial charge in [-0.05, 0) is 24.1 Å². The standard InChI is InChI=1S/C20H20F2N6O/c1-3-13-5-4-6-14(9-13)25-19-20-24-10-16(28(20)8-7-23-19)15-11-27(12-29-2)26-17(15)18(21)22/h4-11,18H,3,12H2,1-2H3,(H,23,25). The van der Waals surface area contributed by atoms with Crippen LogP contribution >= 0.6 is 0 Å². The molecule has 0 fully saturated rings. The molecule has 0 radical (unpaired) electrons. The lowest BCUT2D eigenvalue weighted by Crippen LogP contribution is -2.00. The summed E-state index contributed by atoms with van der Waals surface area (Å²) in [4.78, 5) is 8.79. The number of methoxy groups -OCH3 is 1. The topological polar surface area (TPSA) is 69.3 Å². The van der Waals surface area contributed by atoms with Crippen LogP contribution in [-0.4, -0.2) is 31.3 Å². The molecule has 1 N–H and O–H groups in total. The Morgan fingerprint density at radius 3 is 2.86 bits per heavy atom. The second kappa shape index (κ2) is 7.96. The number of anilines is 2. The fourth-order valence-corrected chi connectivity index (χ4v) is 3.21. The van der Waals surface area contributed by atoms with Gasteiger partial charge in [0.1, 0.15) is 12.4 Å². The predicted octanol–water partition coefficient (Wildman–Crippen LogP) is 4.44. The molecule has 29 heavy (non-hydrogen) atoms. The molecule has 0 aliphatic rings. The molecule has 0 amide bonds. The lowest BCUT2D eigenvalue weighted by atomic mass is 10.1. The normalized spacial score (nSPS) is 11.5. The van der Waals surface area contributed by atoms with Gasteiger partial charge >= 0.3 is 0 Å². The van der Waals surface area contributed by atoms with Crippen molar-refractivity contribution in [3.05, 3.63) is 60.3 Å². The van der Waals surface area contributed by atoms with Gasteiger partial charge in [0.25, 0.3) is 6.43 Å². The summed E-state index contributed by atoms with van der Waals surface area (Å²) in [5.41, 5.74) is 3.10. The summed E-state index contributed by atoms with van der Waals surface area (Å²) in [5.74, 6) is 0.537. The number of halogens is 2. The molecule has 0 bridgehead atoms. The van der Waals surface area contributed by atoms with Crippen LogP contribution in [0.25, 0.3) is 16.9 Å². The van der Waals surface area contributed by atoms with E-state index in [1.54, 1.807) is 23.0 Å². The zero-order valence-corrected chi connectivity index (χ0v) is 16.0. The molecule has 0 unspecified atom stereocenters. The van der Waals surface area contributed by atoms with E-state index in [9.17, 15) is 8.78 Å². The van der Waals surface area contributed by atoms with Gasteiger partial charge in [-0.3, -0.25) is 4.40 Å². The van der Waals surface area contributed by atoms with Crippen LogP contribution in [0.3, 0.4) is 0 Å². The van der Waals surface area contributed by atoms with Crippen molar-refractivity contribution in [2.24, 2.45) is 0 Å². The molecular weight excluding hydrogens is 378 g/mol. The molecule has 3 aromatic heterocycles. The second-order valence-electron chi connectivity index (χ2n) is 6.48. The van der Waals surface area contributed by atoms with Crippen molar-refractivity contribution >= 4 is 17.2 Å². The molecule has 0 saturated carbocycles. The Hall–Kier alpha value is -3.33. The van der Waals surface area contributed by atoms with E-state index in [1.807, 2.05) is 18.2 Å². The minimum atomic E-state index is -2.72. The Labute approximate surface area is 166 Å². The smallest absolute Gasteiger partial charge is 0.282 e. The number of hydrogen-bond donors (Lipinski definition) is 1. The highest BCUT2D eigenvalue weighted by atomic mass is 19.3. The summed E-state index contributed by atoms with van der Waals surface area (Å²) in [6.07, 6.45) is 4.57. The number of imidazole rings is 1. The first kappa shape index (κ1) is 19.0. The minimum Gasteiger partial charge on any atom is -0.362 e. The second-order valence-corrected chi connectivity index (χ2v) is 6.48. The summed E-state index contributed by atoms with van der Waals surface area (Å²) in [5, 5.41) is 7.21. The van der Waals surface area contributed by atoms with Gasteiger partial charge in [-0.25, -0.2) is 23.4 Å². The first-order valence-corrected chi connectivity index (χ1v) is 9.13. The molecule has 0 spiro atoms. The predicted molar refractivity (Wildman–Crippen MR) is 105 cm³/mol. The number of ether oxygens (including phenoxy) is 1. The van der Waals surface area contributed by atoms with Gasteiger partial charge in [-0.2, -0.15) is 5.10 Å². The number of fused-ring (bicyclic) bond motifs is 1. The highest BCUT2D eigenvalue weighted by molar-refractivity contribution is 5.74. The summed E-state index contributed by atoms with van der Waals surface area (Å²) < 4.78 is 35.1. The molecule has 0 aliphatic heterocycles. The monoisotopic (exact) mass is 398 g/mol. The number of alkyl halides is 2. The number of nitrogens with one attached hydrogen (secondary N) is 1. The number of hydrogen-bond acceptors (Lipinski definition) is 5. The molecule has 7 nitrogen and oxygen atoms in total. The van der Waals surface area contributed by atoms with E-state index in [0.717, 1.165) is 12.1 Å². The average molecular weight is 398 g/mol. The van der Waals surface area contributed by atoms with E-state index in [-0.39, 0.29) is 12.4 Å². The highest BCUT2D eigenvalue weighted by Crippen LogP contribution is 2.32. The molecule has 0 atom stereocenters. The molecular formula is C20H20F2N6O. The van der Waals surface area contributed by atoms with E-state index in [1.165, 1.54) is 23.6 Å². The zero-order valence-electron chi connectivity index (χ0n) is 16.0. The van der Waals surface area contributed by atoms with Gasteiger partial charge < -0.3 is 10.1 Å². The summed E-state index contributed by atoms with van der Waals surface area (Å²) in [6, 6.07) is 8.00. The van der Waals surface area contributed by atoms with Crippen LogP contribution in [0.1, 0.15) is 24.6 Å². The molecule has 0 aliphatic carbocycles. The van der Waals surface area contributed by atoms with Gasteiger partial charge in [0.2, 0.25) is 0 Å². The van der Waals surface area contributed by atoms with Crippen molar-refractivity contribution in [1.82, 2.24) is 24.1 Å². The lowest BCUT2D eigenvalue weighted by Gasteiger charge is -2.09. The average Bonchev–Trinajstić information content (AvgIpc) is 3.33. The molecule has 3 heterocycles. The van der Waals surface area contributed by atoms with Crippen molar-refractivity contribution in [3.8, 4) is 11.3 Å². The van der Waals surface area contributed by atoms with Crippen LogP contribution < -0.4 is 5.32 Å². The van der Waals surface area contributed by atoms with E-state index in [2.05, 4.69) is 33.4 Å². The largest absolute Gasteiger partial charge is 0.362 e. The number of benzene rings is 1. The molecule has 4 aromatic rings. The van der Waals surface area contributed by atoms with Crippen LogP contribution in [0.5, 0.6) is 0 Å². The minimum absolute atomic E-state index is 0.0819. The fourth-order valence-electron chi connectivity index (χ4n) is 3.21. The first-order valence-electron chi connectivity index (χ1n) is 9.13. The third kappa shape index (κ3) is 3.68. The van der Waals surface area contributed by atoms with Crippen molar-refractivity contribution in [2.45, 2.75) is 26.5 Å². The third-order valence-corrected chi connectivity index (χ3v) is 4.56. The van der Waals surface area contributed by atoms with E-state index in [4.69, 9.17) is 4.74 Å². The van der Waals surface area contributed by atoms with E-state index < -0.39 is 6.43 Å². The Morgan fingerprint density at radius 1 is 1.24 bits per heavy atom. The van der Waals surface area contributed by atoms with Gasteiger partial charge in [0.05, 0.1) is 11.9 Å². The number of aryl methyl sites for hydroxylation is 1. The van der Waals surface area contributed by atoms with Crippen LogP contribution in [0.4, 0.5) is 20.3 Å². The van der Waals surface area contributed by atoms with Crippen molar-refractivity contribution in [3.63, 3.8) is 0 Å². The molecule has 4 rings (SSSR count).